The van der Waals surface area contributed by atoms with Crippen molar-refractivity contribution in [3.8, 4) is 0 Å². The zero-order valence-corrected chi connectivity index (χ0v) is 22.7. The van der Waals surface area contributed by atoms with Crippen LogP contribution in [0.2, 0.25) is 0 Å². The predicted octanol–water partition coefficient (Wildman–Crippen LogP) is 2.39. The van der Waals surface area contributed by atoms with Gasteiger partial charge in [0, 0.05) is 38.6 Å². The average Bonchev–Trinajstić information content (AvgIpc) is 2.88. The van der Waals surface area contributed by atoms with Gasteiger partial charge in [0.05, 0.1) is 99.1 Å². The van der Waals surface area contributed by atoms with Crippen molar-refractivity contribution in [3.05, 3.63) is 12.3 Å². The first-order valence-electron chi connectivity index (χ1n) is 13.2. The summed E-state index contributed by atoms with van der Waals surface area (Å²) in [6.07, 6.45) is 3.77. The molecule has 0 aliphatic heterocycles. The third-order valence-electron chi connectivity index (χ3n) is 4.78. The van der Waals surface area contributed by atoms with Crippen molar-refractivity contribution in [1.82, 2.24) is 5.32 Å². The molecular formula is C26H51NO9. The van der Waals surface area contributed by atoms with Crippen LogP contribution in [0.1, 0.15) is 39.0 Å². The Morgan fingerprint density at radius 2 is 0.861 bits per heavy atom. The van der Waals surface area contributed by atoms with Gasteiger partial charge in [-0.1, -0.05) is 13.5 Å². The maximum absolute atomic E-state index is 11.4. The minimum absolute atomic E-state index is 0.315. The van der Waals surface area contributed by atoms with Gasteiger partial charge in [-0.25, -0.2) is 0 Å². The first-order chi connectivity index (χ1) is 17.7. The van der Waals surface area contributed by atoms with Crippen molar-refractivity contribution in [2.24, 2.45) is 0 Å². The number of Topliss-reactive ketones (excluding diaryl/α,β-unsaturated/α-hetero) is 1. The van der Waals surface area contributed by atoms with E-state index in [-0.39, 0.29) is 0 Å². The molecule has 10 heteroatoms. The Kier molecular flexibility index (Phi) is 29.2. The highest BCUT2D eigenvalue weighted by Crippen LogP contribution is 1.98. The normalized spacial score (nSPS) is 11.2. The molecule has 214 valence electrons. The minimum Gasteiger partial charge on any atom is -0.392 e. The highest BCUT2D eigenvalue weighted by atomic mass is 16.6. The number of rotatable bonds is 31. The van der Waals surface area contributed by atoms with Gasteiger partial charge in [-0.2, -0.15) is 0 Å². The third-order valence-corrected chi connectivity index (χ3v) is 4.78. The topological polar surface area (TPSA) is 103 Å². The molecule has 0 heterocycles. The lowest BCUT2D eigenvalue weighted by Crippen LogP contribution is -2.15. The van der Waals surface area contributed by atoms with E-state index in [0.717, 1.165) is 25.0 Å². The van der Waals surface area contributed by atoms with E-state index in [2.05, 4.69) is 11.9 Å². The quantitative estimate of drug-likeness (QED) is 0.137. The minimum atomic E-state index is 0.315. The van der Waals surface area contributed by atoms with Crippen molar-refractivity contribution in [2.45, 2.75) is 39.0 Å². The number of carbonyl (C=O) groups excluding carboxylic acids is 1. The average molecular weight is 522 g/mol. The number of hydrogen-bond donors (Lipinski definition) is 1. The van der Waals surface area contributed by atoms with Crippen LogP contribution in [-0.2, 0) is 42.7 Å². The molecule has 0 fully saturated rings. The van der Waals surface area contributed by atoms with Gasteiger partial charge in [0.1, 0.15) is 5.78 Å². The van der Waals surface area contributed by atoms with Crippen molar-refractivity contribution >= 4 is 5.78 Å². The van der Waals surface area contributed by atoms with Crippen molar-refractivity contribution in [3.63, 3.8) is 0 Å². The number of nitrogens with one attached hydrogen (secondary N) is 1. The highest BCUT2D eigenvalue weighted by Gasteiger charge is 2.00. The molecule has 36 heavy (non-hydrogen) atoms. The molecule has 0 unspecified atom stereocenters. The van der Waals surface area contributed by atoms with Gasteiger partial charge in [-0.05, 0) is 12.8 Å². The van der Waals surface area contributed by atoms with Crippen molar-refractivity contribution < 1.29 is 42.7 Å². The van der Waals surface area contributed by atoms with Crippen LogP contribution < -0.4 is 5.32 Å². The van der Waals surface area contributed by atoms with Crippen LogP contribution in [0.15, 0.2) is 12.3 Å². The van der Waals surface area contributed by atoms with E-state index in [0.29, 0.717) is 124 Å². The van der Waals surface area contributed by atoms with E-state index in [1.165, 1.54) is 0 Å². The molecule has 0 rings (SSSR count). The Bertz CT molecular complexity index is 480. The molecule has 0 aliphatic rings. The maximum Gasteiger partial charge on any atom is 0.132 e. The first kappa shape index (κ1) is 34.9. The Morgan fingerprint density at radius 3 is 1.19 bits per heavy atom. The first-order valence-corrected chi connectivity index (χ1v) is 13.2. The molecule has 0 radical (unpaired) electrons. The smallest absolute Gasteiger partial charge is 0.132 e. The van der Waals surface area contributed by atoms with Crippen LogP contribution in [-0.4, -0.2) is 119 Å². The fraction of sp³-hybridized carbons (Fsp3) is 0.885. The number of ketones is 1. The second-order valence-electron chi connectivity index (χ2n) is 7.89. The van der Waals surface area contributed by atoms with E-state index < -0.39 is 0 Å². The second kappa shape index (κ2) is 30.1. The number of hydrogen-bond acceptors (Lipinski definition) is 10. The summed E-state index contributed by atoms with van der Waals surface area (Å²) >= 11 is 0. The molecule has 0 saturated heterocycles. The van der Waals surface area contributed by atoms with Gasteiger partial charge in [0.15, 0.2) is 0 Å². The zero-order valence-electron chi connectivity index (χ0n) is 22.7. The van der Waals surface area contributed by atoms with Crippen LogP contribution in [0, 0.1) is 0 Å². The standard InChI is InChI=1S/C26H51NO9/c1-4-6-26(28)7-5-9-29-11-13-31-15-17-33-19-21-35-23-24-36-22-20-34-18-16-32-14-12-30-10-8-25(2)27-3/h27H,2,4-24H2,1,3H3. The van der Waals surface area contributed by atoms with Crippen LogP contribution in [0.4, 0.5) is 0 Å². The zero-order chi connectivity index (χ0) is 26.4. The van der Waals surface area contributed by atoms with Gasteiger partial charge in [-0.15, -0.1) is 0 Å². The lowest BCUT2D eigenvalue weighted by atomic mass is 10.1. The summed E-state index contributed by atoms with van der Waals surface area (Å²) in [5.74, 6) is 0.315. The Labute approximate surface area is 218 Å². The summed E-state index contributed by atoms with van der Waals surface area (Å²) < 4.78 is 43.5. The number of ether oxygens (including phenoxy) is 8. The summed E-state index contributed by atoms with van der Waals surface area (Å²) in [7, 11) is 1.85. The van der Waals surface area contributed by atoms with E-state index in [1.807, 2.05) is 14.0 Å². The molecule has 1 N–H and O–H groups in total. The Balaban J connectivity index is 3.06. The molecule has 0 bridgehead atoms. The molecule has 0 spiro atoms. The summed E-state index contributed by atoms with van der Waals surface area (Å²) in [5, 5.41) is 2.98. The monoisotopic (exact) mass is 521 g/mol. The molecule has 0 aromatic carbocycles. The van der Waals surface area contributed by atoms with E-state index >= 15 is 0 Å². The largest absolute Gasteiger partial charge is 0.392 e. The van der Waals surface area contributed by atoms with Gasteiger partial charge < -0.3 is 43.2 Å². The molecule has 0 aromatic rings. The summed E-state index contributed by atoms with van der Waals surface area (Å²) in [5.41, 5.74) is 0.965. The lowest BCUT2D eigenvalue weighted by Gasteiger charge is -2.09. The fourth-order valence-corrected chi connectivity index (χ4v) is 2.74. The van der Waals surface area contributed by atoms with Crippen LogP contribution in [0.25, 0.3) is 0 Å². The van der Waals surface area contributed by atoms with Gasteiger partial charge in [0.25, 0.3) is 0 Å². The van der Waals surface area contributed by atoms with E-state index in [4.69, 9.17) is 37.9 Å². The number of carbonyl (C=O) groups is 1. The SMILES string of the molecule is C=C(CCOCCOCCOCCOCCOCCOCCOCCOCCCC(=O)CCC)NC. The predicted molar refractivity (Wildman–Crippen MR) is 139 cm³/mol. The molecule has 0 amide bonds. The molecule has 0 aromatic heterocycles. The van der Waals surface area contributed by atoms with Crippen LogP contribution in [0.5, 0.6) is 0 Å². The maximum atomic E-state index is 11.4. The highest BCUT2D eigenvalue weighted by molar-refractivity contribution is 5.78. The van der Waals surface area contributed by atoms with Crippen molar-refractivity contribution in [2.75, 3.05) is 113 Å². The van der Waals surface area contributed by atoms with E-state index in [1.54, 1.807) is 0 Å². The third kappa shape index (κ3) is 29.1. The molecule has 0 saturated carbocycles. The summed E-state index contributed by atoms with van der Waals surface area (Å²) in [6, 6.07) is 0. The second-order valence-corrected chi connectivity index (χ2v) is 7.89. The Hall–Kier alpha value is -1.11. The Morgan fingerprint density at radius 1 is 0.528 bits per heavy atom. The molecular weight excluding hydrogens is 470 g/mol. The lowest BCUT2D eigenvalue weighted by molar-refractivity contribution is -0.119. The van der Waals surface area contributed by atoms with Gasteiger partial charge in [0.2, 0.25) is 0 Å². The molecule has 0 aliphatic carbocycles. The molecule has 0 atom stereocenters. The van der Waals surface area contributed by atoms with E-state index in [9.17, 15) is 4.79 Å². The van der Waals surface area contributed by atoms with Crippen molar-refractivity contribution in [1.29, 1.82) is 0 Å². The summed E-state index contributed by atoms with van der Waals surface area (Å²) in [6.45, 7) is 14.5. The van der Waals surface area contributed by atoms with Gasteiger partial charge >= 0.3 is 0 Å². The summed E-state index contributed by atoms with van der Waals surface area (Å²) in [4.78, 5) is 11.4. The fourth-order valence-electron chi connectivity index (χ4n) is 2.74. The molecule has 10 nitrogen and oxygen atoms in total. The van der Waals surface area contributed by atoms with Crippen LogP contribution in [0.3, 0.4) is 0 Å². The van der Waals surface area contributed by atoms with Crippen LogP contribution >= 0.6 is 0 Å². The van der Waals surface area contributed by atoms with Gasteiger partial charge in [-0.3, -0.25) is 4.79 Å².